The highest BCUT2D eigenvalue weighted by molar-refractivity contribution is 7.91. The van der Waals surface area contributed by atoms with E-state index in [-0.39, 0.29) is 5.75 Å². The minimum Gasteiger partial charge on any atom is -0.223 e. The highest BCUT2D eigenvalue weighted by atomic mass is 32.2. The monoisotopic (exact) mass is 222 g/mol. The Hall–Kier alpha value is -1.27. The van der Waals surface area contributed by atoms with Crippen LogP contribution >= 0.6 is 0 Å². The fraction of sp³-hybridized carbons (Fsp3) is 0.333. The van der Waals surface area contributed by atoms with Crippen molar-refractivity contribution in [2.24, 2.45) is 0 Å². The number of hydrogen-bond donors (Lipinski definition) is 0. The van der Waals surface area contributed by atoms with E-state index in [4.69, 9.17) is 0 Å². The van der Waals surface area contributed by atoms with E-state index in [9.17, 15) is 8.42 Å². The predicted molar refractivity (Wildman–Crippen MR) is 61.3 cm³/mol. The van der Waals surface area contributed by atoms with Crippen molar-refractivity contribution in [3.63, 3.8) is 0 Å². The molecule has 0 fully saturated rings. The van der Waals surface area contributed by atoms with Crippen molar-refractivity contribution in [2.45, 2.75) is 25.2 Å². The zero-order valence-electron chi connectivity index (χ0n) is 8.95. The van der Waals surface area contributed by atoms with E-state index in [2.05, 4.69) is 11.8 Å². The average molecular weight is 222 g/mol. The van der Waals surface area contributed by atoms with Gasteiger partial charge in [0, 0.05) is 6.42 Å². The molecule has 0 aliphatic carbocycles. The minimum atomic E-state index is -3.22. The SMILES string of the molecule is CCC#CCS(=O)(=O)c1ccc(C)cc1. The van der Waals surface area contributed by atoms with Crippen molar-refractivity contribution in [2.75, 3.05) is 5.75 Å². The van der Waals surface area contributed by atoms with Crippen LogP contribution in [-0.4, -0.2) is 14.2 Å². The van der Waals surface area contributed by atoms with Crippen LogP contribution < -0.4 is 0 Å². The third kappa shape index (κ3) is 3.41. The van der Waals surface area contributed by atoms with Crippen LogP contribution in [0.4, 0.5) is 0 Å². The summed E-state index contributed by atoms with van der Waals surface area (Å²) in [5.74, 6) is 5.31. The van der Waals surface area contributed by atoms with Crippen molar-refractivity contribution >= 4 is 9.84 Å². The summed E-state index contributed by atoms with van der Waals surface area (Å²) in [6.45, 7) is 3.82. The maximum atomic E-state index is 11.7. The molecule has 0 aliphatic rings. The Labute approximate surface area is 91.2 Å². The predicted octanol–water partition coefficient (Wildman–Crippen LogP) is 2.18. The highest BCUT2D eigenvalue weighted by Crippen LogP contribution is 2.11. The van der Waals surface area contributed by atoms with Crippen LogP contribution in [-0.2, 0) is 9.84 Å². The summed E-state index contributed by atoms with van der Waals surface area (Å²) in [7, 11) is -3.22. The molecule has 0 bridgehead atoms. The largest absolute Gasteiger partial charge is 0.223 e. The Morgan fingerprint density at radius 3 is 2.27 bits per heavy atom. The molecule has 2 nitrogen and oxygen atoms in total. The normalized spacial score (nSPS) is 10.5. The summed E-state index contributed by atoms with van der Waals surface area (Å²) in [4.78, 5) is 0.346. The molecule has 0 N–H and O–H groups in total. The number of hydrogen-bond acceptors (Lipinski definition) is 2. The molecule has 1 aromatic carbocycles. The average Bonchev–Trinajstić information content (AvgIpc) is 2.18. The lowest BCUT2D eigenvalue weighted by Gasteiger charge is -2.00. The Bertz CT molecular complexity index is 473. The number of rotatable bonds is 2. The topological polar surface area (TPSA) is 34.1 Å². The third-order valence-electron chi connectivity index (χ3n) is 1.94. The van der Waals surface area contributed by atoms with Crippen molar-refractivity contribution in [3.05, 3.63) is 29.8 Å². The van der Waals surface area contributed by atoms with Crippen LogP contribution in [0.25, 0.3) is 0 Å². The van der Waals surface area contributed by atoms with E-state index in [0.717, 1.165) is 5.56 Å². The van der Waals surface area contributed by atoms with Crippen LogP contribution in [0.2, 0.25) is 0 Å². The van der Waals surface area contributed by atoms with Crippen LogP contribution in [0, 0.1) is 18.8 Å². The first-order valence-electron chi connectivity index (χ1n) is 4.81. The summed E-state index contributed by atoms with van der Waals surface area (Å²) >= 11 is 0. The zero-order valence-corrected chi connectivity index (χ0v) is 9.76. The van der Waals surface area contributed by atoms with Gasteiger partial charge in [-0.05, 0) is 19.1 Å². The molecule has 0 amide bonds. The number of aryl methyl sites for hydroxylation is 1. The lowest BCUT2D eigenvalue weighted by molar-refractivity contribution is 0.599. The molecule has 0 aliphatic heterocycles. The number of sulfone groups is 1. The molecule has 0 aromatic heterocycles. The summed E-state index contributed by atoms with van der Waals surface area (Å²) in [6.07, 6.45) is 0.684. The first-order chi connectivity index (χ1) is 7.06. The van der Waals surface area contributed by atoms with Crippen molar-refractivity contribution < 1.29 is 8.42 Å². The van der Waals surface area contributed by atoms with Crippen LogP contribution in [0.15, 0.2) is 29.2 Å². The van der Waals surface area contributed by atoms with E-state index < -0.39 is 9.84 Å². The van der Waals surface area contributed by atoms with E-state index in [0.29, 0.717) is 11.3 Å². The minimum absolute atomic E-state index is 0.0934. The van der Waals surface area contributed by atoms with Gasteiger partial charge in [0.05, 0.1) is 4.90 Å². The van der Waals surface area contributed by atoms with Crippen molar-refractivity contribution in [1.82, 2.24) is 0 Å². The molecular weight excluding hydrogens is 208 g/mol. The smallest absolute Gasteiger partial charge is 0.189 e. The fourth-order valence-corrected chi connectivity index (χ4v) is 2.11. The van der Waals surface area contributed by atoms with Crippen LogP contribution in [0.1, 0.15) is 18.9 Å². The maximum Gasteiger partial charge on any atom is 0.189 e. The molecule has 15 heavy (non-hydrogen) atoms. The molecular formula is C12H14O2S. The van der Waals surface area contributed by atoms with E-state index in [1.807, 2.05) is 13.8 Å². The van der Waals surface area contributed by atoms with Gasteiger partial charge in [0.2, 0.25) is 0 Å². The molecule has 0 spiro atoms. The van der Waals surface area contributed by atoms with Gasteiger partial charge in [-0.3, -0.25) is 0 Å². The molecule has 0 saturated carbocycles. The van der Waals surface area contributed by atoms with E-state index in [1.165, 1.54) is 0 Å². The highest BCUT2D eigenvalue weighted by Gasteiger charge is 2.11. The van der Waals surface area contributed by atoms with Crippen LogP contribution in [0.5, 0.6) is 0 Å². The molecule has 0 unspecified atom stereocenters. The Kier molecular flexibility index (Phi) is 3.93. The Balaban J connectivity index is 2.91. The second-order valence-electron chi connectivity index (χ2n) is 3.28. The van der Waals surface area contributed by atoms with Crippen molar-refractivity contribution in [3.8, 4) is 11.8 Å². The molecule has 80 valence electrons. The second kappa shape index (κ2) is 4.99. The standard InChI is InChI=1S/C12H14O2S/c1-3-4-5-10-15(13,14)12-8-6-11(2)7-9-12/h6-9H,3,10H2,1-2H3. The summed E-state index contributed by atoms with van der Waals surface area (Å²) in [5, 5.41) is 0. The molecule has 3 heteroatoms. The van der Waals surface area contributed by atoms with Gasteiger partial charge in [0.1, 0.15) is 5.75 Å². The number of benzene rings is 1. The molecule has 0 heterocycles. The Morgan fingerprint density at radius 1 is 1.13 bits per heavy atom. The maximum absolute atomic E-state index is 11.7. The first-order valence-corrected chi connectivity index (χ1v) is 6.46. The lowest BCUT2D eigenvalue weighted by atomic mass is 10.2. The van der Waals surface area contributed by atoms with Crippen molar-refractivity contribution in [1.29, 1.82) is 0 Å². The van der Waals surface area contributed by atoms with Gasteiger partial charge in [-0.2, -0.15) is 0 Å². The van der Waals surface area contributed by atoms with Crippen LogP contribution in [0.3, 0.4) is 0 Å². The summed E-state index contributed by atoms with van der Waals surface area (Å²) in [5.41, 5.74) is 1.05. The van der Waals surface area contributed by atoms with E-state index in [1.54, 1.807) is 24.3 Å². The van der Waals surface area contributed by atoms with Gasteiger partial charge in [0.25, 0.3) is 0 Å². The van der Waals surface area contributed by atoms with Gasteiger partial charge < -0.3 is 0 Å². The van der Waals surface area contributed by atoms with Gasteiger partial charge in [0.15, 0.2) is 9.84 Å². The second-order valence-corrected chi connectivity index (χ2v) is 5.27. The quantitative estimate of drug-likeness (QED) is 0.719. The van der Waals surface area contributed by atoms with Gasteiger partial charge in [-0.15, -0.1) is 5.92 Å². The molecule has 0 atom stereocenters. The molecule has 1 aromatic rings. The van der Waals surface area contributed by atoms with Gasteiger partial charge in [-0.25, -0.2) is 8.42 Å². The third-order valence-corrected chi connectivity index (χ3v) is 3.46. The zero-order chi connectivity index (χ0) is 11.3. The summed E-state index contributed by atoms with van der Waals surface area (Å²) < 4.78 is 23.4. The van der Waals surface area contributed by atoms with Gasteiger partial charge >= 0.3 is 0 Å². The Morgan fingerprint density at radius 2 is 1.73 bits per heavy atom. The fourth-order valence-electron chi connectivity index (χ4n) is 1.10. The lowest BCUT2D eigenvalue weighted by Crippen LogP contribution is -2.04. The molecule has 0 radical (unpaired) electrons. The summed E-state index contributed by atoms with van der Waals surface area (Å²) in [6, 6.07) is 6.83. The molecule has 0 saturated heterocycles. The van der Waals surface area contributed by atoms with Gasteiger partial charge in [-0.1, -0.05) is 30.5 Å². The molecule has 1 rings (SSSR count). The van der Waals surface area contributed by atoms with E-state index >= 15 is 0 Å². The first kappa shape index (κ1) is 11.8.